The third-order valence-corrected chi connectivity index (χ3v) is 7.76. The van der Waals surface area contributed by atoms with Crippen molar-refractivity contribution in [1.29, 1.82) is 0 Å². The smallest absolute Gasteiger partial charge is 0.253 e. The summed E-state index contributed by atoms with van der Waals surface area (Å²) >= 11 is 0. The Labute approximate surface area is 206 Å². The van der Waals surface area contributed by atoms with E-state index in [2.05, 4.69) is 58.6 Å². The molecule has 0 bridgehead atoms. The lowest BCUT2D eigenvalue weighted by atomic mass is 9.92. The molecule has 5 nitrogen and oxygen atoms in total. The zero-order valence-electron chi connectivity index (χ0n) is 21.3. The van der Waals surface area contributed by atoms with Crippen molar-refractivity contribution in [2.45, 2.75) is 58.0 Å². The van der Waals surface area contributed by atoms with E-state index in [9.17, 15) is 4.79 Å². The third kappa shape index (κ3) is 5.64. The van der Waals surface area contributed by atoms with Crippen LogP contribution in [0.1, 0.15) is 73.5 Å². The van der Waals surface area contributed by atoms with E-state index in [0.29, 0.717) is 6.04 Å². The highest BCUT2D eigenvalue weighted by molar-refractivity contribution is 5.94. The van der Waals surface area contributed by atoms with Gasteiger partial charge >= 0.3 is 0 Å². The van der Waals surface area contributed by atoms with Crippen molar-refractivity contribution in [3.8, 4) is 0 Å². The molecule has 0 unspecified atom stereocenters. The topological polar surface area (TPSA) is 38.8 Å². The number of benzene rings is 2. The summed E-state index contributed by atoms with van der Waals surface area (Å²) in [4.78, 5) is 19.8. The predicted molar refractivity (Wildman–Crippen MR) is 142 cm³/mol. The SMILES string of the molecule is CCN(CC)C(=O)c1ccc([C@H](c2cccc(N(C)C3CCCCC3)c2)N2CCNCC2)cc1. The van der Waals surface area contributed by atoms with Crippen LogP contribution in [-0.4, -0.2) is 68.1 Å². The first-order valence-corrected chi connectivity index (χ1v) is 13.3. The van der Waals surface area contributed by atoms with Gasteiger partial charge in [-0.2, -0.15) is 0 Å². The zero-order valence-corrected chi connectivity index (χ0v) is 21.3. The number of nitrogens with one attached hydrogen (secondary N) is 1. The van der Waals surface area contributed by atoms with Gasteiger partial charge in [0, 0.05) is 63.6 Å². The van der Waals surface area contributed by atoms with Crippen LogP contribution >= 0.6 is 0 Å². The molecule has 2 fully saturated rings. The van der Waals surface area contributed by atoms with Crippen molar-refractivity contribution in [2.24, 2.45) is 0 Å². The highest BCUT2D eigenvalue weighted by Gasteiger charge is 2.26. The minimum Gasteiger partial charge on any atom is -0.372 e. The van der Waals surface area contributed by atoms with E-state index in [-0.39, 0.29) is 11.9 Å². The fourth-order valence-corrected chi connectivity index (χ4v) is 5.65. The standard InChI is InChI=1S/C29H42N4O/c1-4-32(5-2)29(34)24-16-14-23(15-17-24)28(33-20-18-30-19-21-33)25-10-9-13-27(22-25)31(3)26-11-7-6-8-12-26/h9-10,13-17,22,26,28,30H,4-8,11-12,18-21H2,1-3H3/t28-/m1/s1. The van der Waals surface area contributed by atoms with Crippen molar-refractivity contribution in [2.75, 3.05) is 51.2 Å². The normalized spacial score (nSPS) is 18.4. The summed E-state index contributed by atoms with van der Waals surface area (Å²) in [6.07, 6.45) is 6.66. The summed E-state index contributed by atoms with van der Waals surface area (Å²) in [5, 5.41) is 3.49. The van der Waals surface area contributed by atoms with Crippen LogP contribution < -0.4 is 10.2 Å². The molecule has 0 radical (unpaired) electrons. The second kappa shape index (κ2) is 11.9. The molecular weight excluding hydrogens is 420 g/mol. The first-order valence-electron chi connectivity index (χ1n) is 13.3. The van der Waals surface area contributed by atoms with Gasteiger partial charge in [-0.1, -0.05) is 43.5 Å². The summed E-state index contributed by atoms with van der Waals surface area (Å²) in [5.74, 6) is 0.117. The van der Waals surface area contributed by atoms with Crippen LogP contribution in [0.3, 0.4) is 0 Å². The monoisotopic (exact) mass is 462 g/mol. The van der Waals surface area contributed by atoms with Crippen molar-refractivity contribution in [1.82, 2.24) is 15.1 Å². The molecule has 1 saturated carbocycles. The molecule has 34 heavy (non-hydrogen) atoms. The number of hydrogen-bond acceptors (Lipinski definition) is 4. The number of carbonyl (C=O) groups excluding carboxylic acids is 1. The Bertz CT molecular complexity index is 912. The maximum atomic E-state index is 12.8. The Morgan fingerprint density at radius 3 is 2.29 bits per heavy atom. The zero-order chi connectivity index (χ0) is 23.9. The fraction of sp³-hybridized carbons (Fsp3) is 0.552. The summed E-state index contributed by atoms with van der Waals surface area (Å²) in [5.41, 5.74) is 4.69. The number of anilines is 1. The van der Waals surface area contributed by atoms with Gasteiger partial charge in [0.15, 0.2) is 0 Å². The van der Waals surface area contributed by atoms with Crippen LogP contribution in [0.2, 0.25) is 0 Å². The van der Waals surface area contributed by atoms with Crippen LogP contribution in [0.5, 0.6) is 0 Å². The molecule has 0 aromatic heterocycles. The molecule has 0 spiro atoms. The number of rotatable bonds is 8. The minimum absolute atomic E-state index is 0.117. The lowest BCUT2D eigenvalue weighted by Crippen LogP contribution is -2.45. The molecule has 1 heterocycles. The maximum Gasteiger partial charge on any atom is 0.253 e. The summed E-state index contributed by atoms with van der Waals surface area (Å²) in [6.45, 7) is 9.61. The molecule has 2 aromatic rings. The van der Waals surface area contributed by atoms with E-state index in [4.69, 9.17) is 0 Å². The van der Waals surface area contributed by atoms with Crippen LogP contribution in [0.4, 0.5) is 5.69 Å². The Balaban J connectivity index is 1.62. The summed E-state index contributed by atoms with van der Waals surface area (Å²) in [7, 11) is 2.27. The average molecular weight is 463 g/mol. The maximum absolute atomic E-state index is 12.8. The lowest BCUT2D eigenvalue weighted by molar-refractivity contribution is 0.0773. The van der Waals surface area contributed by atoms with E-state index < -0.39 is 0 Å². The van der Waals surface area contributed by atoms with E-state index in [1.165, 1.54) is 48.9 Å². The largest absolute Gasteiger partial charge is 0.372 e. The highest BCUT2D eigenvalue weighted by Crippen LogP contribution is 2.33. The van der Waals surface area contributed by atoms with Gasteiger partial charge in [-0.15, -0.1) is 0 Å². The Morgan fingerprint density at radius 2 is 1.65 bits per heavy atom. The van der Waals surface area contributed by atoms with Crippen molar-refractivity contribution < 1.29 is 4.79 Å². The molecule has 1 atom stereocenters. The van der Waals surface area contributed by atoms with Gasteiger partial charge in [-0.05, 0) is 62.1 Å². The van der Waals surface area contributed by atoms with E-state index in [1.54, 1.807) is 0 Å². The molecule has 1 amide bonds. The number of carbonyl (C=O) groups is 1. The van der Waals surface area contributed by atoms with E-state index >= 15 is 0 Å². The van der Waals surface area contributed by atoms with Gasteiger partial charge < -0.3 is 15.1 Å². The van der Waals surface area contributed by atoms with Crippen LogP contribution in [-0.2, 0) is 0 Å². The van der Waals surface area contributed by atoms with Gasteiger partial charge in [0.2, 0.25) is 0 Å². The first-order chi connectivity index (χ1) is 16.6. The van der Waals surface area contributed by atoms with E-state index in [0.717, 1.165) is 44.8 Å². The second-order valence-electron chi connectivity index (χ2n) is 9.79. The molecule has 4 rings (SSSR count). The molecule has 2 aliphatic rings. The fourth-order valence-electron chi connectivity index (χ4n) is 5.65. The minimum atomic E-state index is 0.117. The molecular formula is C29H42N4O. The van der Waals surface area contributed by atoms with Crippen LogP contribution in [0, 0.1) is 0 Å². The van der Waals surface area contributed by atoms with Gasteiger partial charge in [0.25, 0.3) is 5.91 Å². The first kappa shape index (κ1) is 24.7. The Hall–Kier alpha value is -2.37. The van der Waals surface area contributed by atoms with Gasteiger partial charge in [-0.3, -0.25) is 9.69 Å². The van der Waals surface area contributed by atoms with Crippen molar-refractivity contribution in [3.63, 3.8) is 0 Å². The molecule has 2 aromatic carbocycles. The lowest BCUT2D eigenvalue weighted by Gasteiger charge is -2.37. The molecule has 184 valence electrons. The van der Waals surface area contributed by atoms with Crippen LogP contribution in [0.25, 0.3) is 0 Å². The second-order valence-corrected chi connectivity index (χ2v) is 9.79. The number of piperazine rings is 1. The Morgan fingerprint density at radius 1 is 0.971 bits per heavy atom. The number of nitrogens with zero attached hydrogens (tertiary/aromatic N) is 3. The average Bonchev–Trinajstić information content (AvgIpc) is 2.91. The van der Waals surface area contributed by atoms with E-state index in [1.807, 2.05) is 30.9 Å². The van der Waals surface area contributed by atoms with Crippen molar-refractivity contribution >= 4 is 11.6 Å². The number of amides is 1. The summed E-state index contributed by atoms with van der Waals surface area (Å²) < 4.78 is 0. The van der Waals surface area contributed by atoms with Gasteiger partial charge in [0.05, 0.1) is 6.04 Å². The highest BCUT2D eigenvalue weighted by atomic mass is 16.2. The van der Waals surface area contributed by atoms with Crippen LogP contribution in [0.15, 0.2) is 48.5 Å². The molecule has 1 aliphatic heterocycles. The Kier molecular flexibility index (Phi) is 8.63. The molecule has 1 N–H and O–H groups in total. The third-order valence-electron chi connectivity index (χ3n) is 7.76. The molecule has 1 aliphatic carbocycles. The number of hydrogen-bond donors (Lipinski definition) is 1. The quantitative estimate of drug-likeness (QED) is 0.604. The molecule has 1 saturated heterocycles. The molecule has 5 heteroatoms. The van der Waals surface area contributed by atoms with Gasteiger partial charge in [0.1, 0.15) is 0 Å². The predicted octanol–water partition coefficient (Wildman–Crippen LogP) is 4.93. The van der Waals surface area contributed by atoms with Gasteiger partial charge in [-0.25, -0.2) is 0 Å². The van der Waals surface area contributed by atoms with Crippen molar-refractivity contribution in [3.05, 3.63) is 65.2 Å². The summed E-state index contributed by atoms with van der Waals surface area (Å²) in [6, 6.07) is 18.4.